The second-order valence-electron chi connectivity index (χ2n) is 3.30. The molecule has 0 bridgehead atoms. The Morgan fingerprint density at radius 1 is 1.50 bits per heavy atom. The van der Waals surface area contributed by atoms with E-state index in [0.29, 0.717) is 0 Å². The van der Waals surface area contributed by atoms with E-state index in [1.807, 2.05) is 0 Å². The van der Waals surface area contributed by atoms with Crippen molar-refractivity contribution in [3.05, 3.63) is 6.92 Å². The highest BCUT2D eigenvalue weighted by Crippen LogP contribution is 2.26. The van der Waals surface area contributed by atoms with Gasteiger partial charge in [-0.2, -0.15) is 0 Å². The molecule has 0 spiro atoms. The molecule has 0 aromatic rings. The minimum absolute atomic E-state index is 0.259. The van der Waals surface area contributed by atoms with Crippen LogP contribution in [0.15, 0.2) is 0 Å². The van der Waals surface area contributed by atoms with Crippen molar-refractivity contribution in [3.8, 4) is 0 Å². The molecule has 49 valence electrons. The summed E-state index contributed by atoms with van der Waals surface area (Å²) >= 11 is 0. The molecule has 0 nitrogen and oxygen atoms in total. The fourth-order valence-corrected chi connectivity index (χ4v) is 0.553. The van der Waals surface area contributed by atoms with Crippen molar-refractivity contribution >= 4 is 0 Å². The van der Waals surface area contributed by atoms with E-state index in [9.17, 15) is 0 Å². The van der Waals surface area contributed by atoms with E-state index in [1.165, 1.54) is 6.42 Å². The SMILES string of the molecule is [CH2]C(C)(C)C(C)CC. The van der Waals surface area contributed by atoms with E-state index in [2.05, 4.69) is 34.6 Å². The molecule has 0 aliphatic carbocycles. The first-order chi connectivity index (χ1) is 3.48. The van der Waals surface area contributed by atoms with E-state index < -0.39 is 0 Å². The number of hydrogen-bond acceptors (Lipinski definition) is 0. The largest absolute Gasteiger partial charge is 0.0651 e. The van der Waals surface area contributed by atoms with E-state index in [4.69, 9.17) is 0 Å². The van der Waals surface area contributed by atoms with Gasteiger partial charge in [0.25, 0.3) is 0 Å². The summed E-state index contributed by atoms with van der Waals surface area (Å²) in [5.74, 6) is 0.738. The molecule has 0 N–H and O–H groups in total. The molecule has 0 aromatic heterocycles. The van der Waals surface area contributed by atoms with Crippen LogP contribution < -0.4 is 0 Å². The van der Waals surface area contributed by atoms with Gasteiger partial charge in [-0.05, 0) is 18.3 Å². The molecule has 1 radical (unpaired) electrons. The van der Waals surface area contributed by atoms with Crippen molar-refractivity contribution in [1.29, 1.82) is 0 Å². The van der Waals surface area contributed by atoms with Crippen LogP contribution in [0.4, 0.5) is 0 Å². The molecule has 0 heteroatoms. The first-order valence-corrected chi connectivity index (χ1v) is 3.33. The maximum absolute atomic E-state index is 4.04. The zero-order valence-electron chi connectivity index (χ0n) is 6.49. The average molecular weight is 113 g/mol. The van der Waals surface area contributed by atoms with Crippen LogP contribution in [0, 0.1) is 18.3 Å². The first kappa shape index (κ1) is 8.00. The Kier molecular flexibility index (Phi) is 2.52. The molecule has 0 amide bonds. The third kappa shape index (κ3) is 2.34. The molecule has 0 heterocycles. The molecule has 0 fully saturated rings. The molecule has 1 atom stereocenters. The zero-order valence-corrected chi connectivity index (χ0v) is 6.49. The lowest BCUT2D eigenvalue weighted by Crippen LogP contribution is -2.16. The maximum atomic E-state index is 4.04. The van der Waals surface area contributed by atoms with Crippen LogP contribution in [-0.4, -0.2) is 0 Å². The van der Waals surface area contributed by atoms with E-state index in [-0.39, 0.29) is 5.41 Å². The normalized spacial score (nSPS) is 16.1. The van der Waals surface area contributed by atoms with Crippen LogP contribution in [0.5, 0.6) is 0 Å². The van der Waals surface area contributed by atoms with Crippen molar-refractivity contribution in [2.75, 3.05) is 0 Å². The maximum Gasteiger partial charge on any atom is -0.0328 e. The summed E-state index contributed by atoms with van der Waals surface area (Å²) in [7, 11) is 0. The predicted molar refractivity (Wildman–Crippen MR) is 38.6 cm³/mol. The van der Waals surface area contributed by atoms with Crippen LogP contribution in [-0.2, 0) is 0 Å². The van der Waals surface area contributed by atoms with Gasteiger partial charge in [0.15, 0.2) is 0 Å². The Labute approximate surface area is 53.3 Å². The summed E-state index contributed by atoms with van der Waals surface area (Å²) in [4.78, 5) is 0. The van der Waals surface area contributed by atoms with Crippen molar-refractivity contribution in [3.63, 3.8) is 0 Å². The molecule has 0 aliphatic heterocycles. The van der Waals surface area contributed by atoms with Gasteiger partial charge < -0.3 is 0 Å². The number of rotatable bonds is 2. The molecule has 1 unspecified atom stereocenters. The smallest absolute Gasteiger partial charge is 0.0328 e. The second kappa shape index (κ2) is 2.52. The molecule has 0 saturated carbocycles. The highest BCUT2D eigenvalue weighted by molar-refractivity contribution is 4.75. The van der Waals surface area contributed by atoms with Crippen molar-refractivity contribution in [2.24, 2.45) is 11.3 Å². The minimum Gasteiger partial charge on any atom is -0.0651 e. The summed E-state index contributed by atoms with van der Waals surface area (Å²) < 4.78 is 0. The Morgan fingerprint density at radius 3 is 1.88 bits per heavy atom. The number of hydrogen-bond donors (Lipinski definition) is 0. The summed E-state index contributed by atoms with van der Waals surface area (Å²) in [5, 5.41) is 0. The Bertz CT molecular complexity index is 56.9. The topological polar surface area (TPSA) is 0 Å². The van der Waals surface area contributed by atoms with Gasteiger partial charge in [0.2, 0.25) is 0 Å². The van der Waals surface area contributed by atoms with Crippen LogP contribution in [0.25, 0.3) is 0 Å². The van der Waals surface area contributed by atoms with Crippen LogP contribution >= 0.6 is 0 Å². The molecule has 0 aromatic carbocycles. The summed E-state index contributed by atoms with van der Waals surface area (Å²) in [6.45, 7) is 12.9. The fraction of sp³-hybridized carbons (Fsp3) is 0.875. The van der Waals surface area contributed by atoms with Gasteiger partial charge in [-0.1, -0.05) is 34.1 Å². The highest BCUT2D eigenvalue weighted by atomic mass is 14.2. The van der Waals surface area contributed by atoms with Gasteiger partial charge >= 0.3 is 0 Å². The van der Waals surface area contributed by atoms with Gasteiger partial charge in [0.05, 0.1) is 0 Å². The lowest BCUT2D eigenvalue weighted by atomic mass is 9.81. The van der Waals surface area contributed by atoms with E-state index >= 15 is 0 Å². The second-order valence-corrected chi connectivity index (χ2v) is 3.30. The van der Waals surface area contributed by atoms with Gasteiger partial charge in [-0.3, -0.25) is 0 Å². The molecule has 8 heavy (non-hydrogen) atoms. The van der Waals surface area contributed by atoms with Crippen LogP contribution in [0.3, 0.4) is 0 Å². The summed E-state index contributed by atoms with van der Waals surface area (Å²) in [5.41, 5.74) is 0.259. The summed E-state index contributed by atoms with van der Waals surface area (Å²) in [6, 6.07) is 0. The minimum atomic E-state index is 0.259. The van der Waals surface area contributed by atoms with Gasteiger partial charge in [-0.15, -0.1) is 0 Å². The first-order valence-electron chi connectivity index (χ1n) is 3.33. The summed E-state index contributed by atoms with van der Waals surface area (Å²) in [6.07, 6.45) is 1.23. The van der Waals surface area contributed by atoms with Crippen LogP contribution in [0.2, 0.25) is 0 Å². The fourth-order valence-electron chi connectivity index (χ4n) is 0.553. The van der Waals surface area contributed by atoms with Crippen LogP contribution in [0.1, 0.15) is 34.1 Å². The van der Waals surface area contributed by atoms with E-state index in [1.54, 1.807) is 0 Å². The molecule has 0 saturated heterocycles. The van der Waals surface area contributed by atoms with Gasteiger partial charge in [-0.25, -0.2) is 0 Å². The molecular formula is C8H17. The lowest BCUT2D eigenvalue weighted by Gasteiger charge is -2.25. The molecule has 0 rings (SSSR count). The Morgan fingerprint density at radius 2 is 1.88 bits per heavy atom. The zero-order chi connectivity index (χ0) is 6.78. The third-order valence-corrected chi connectivity index (χ3v) is 1.95. The quantitative estimate of drug-likeness (QED) is 0.516. The van der Waals surface area contributed by atoms with Crippen molar-refractivity contribution in [2.45, 2.75) is 34.1 Å². The predicted octanol–water partition coefficient (Wildman–Crippen LogP) is 2.89. The highest BCUT2D eigenvalue weighted by Gasteiger charge is 2.17. The van der Waals surface area contributed by atoms with Gasteiger partial charge in [0.1, 0.15) is 0 Å². The van der Waals surface area contributed by atoms with Crippen molar-refractivity contribution in [1.82, 2.24) is 0 Å². The Hall–Kier alpha value is 0. The van der Waals surface area contributed by atoms with Crippen molar-refractivity contribution < 1.29 is 0 Å². The molecule has 0 aliphatic rings. The third-order valence-electron chi connectivity index (χ3n) is 1.95. The van der Waals surface area contributed by atoms with Gasteiger partial charge in [0, 0.05) is 0 Å². The molecular weight excluding hydrogens is 96.1 g/mol. The lowest BCUT2D eigenvalue weighted by molar-refractivity contribution is 0.295. The average Bonchev–Trinajstić information content (AvgIpc) is 1.62. The standard InChI is InChI=1S/C8H17/c1-6-7(2)8(3,4)5/h7H,3,6H2,1-2,4-5H3. The van der Waals surface area contributed by atoms with E-state index in [0.717, 1.165) is 5.92 Å². The monoisotopic (exact) mass is 113 g/mol. The Balaban J connectivity index is 3.62.